The lowest BCUT2D eigenvalue weighted by Gasteiger charge is -2.30. The molecule has 23 heavy (non-hydrogen) atoms. The van der Waals surface area contributed by atoms with Gasteiger partial charge in [0.15, 0.2) is 9.84 Å². The summed E-state index contributed by atoms with van der Waals surface area (Å²) in [7, 11) is -1.30. The lowest BCUT2D eigenvalue weighted by Crippen LogP contribution is -2.46. The first-order valence-corrected chi connectivity index (χ1v) is 10.1. The van der Waals surface area contributed by atoms with E-state index in [1.165, 1.54) is 5.01 Å². The minimum absolute atomic E-state index is 0.0534. The largest absolute Gasteiger partial charge is 0.338 e. The maximum atomic E-state index is 12.6. The minimum atomic E-state index is -3.09. The van der Waals surface area contributed by atoms with Gasteiger partial charge in [0.1, 0.15) is 5.71 Å². The van der Waals surface area contributed by atoms with Crippen molar-refractivity contribution in [3.63, 3.8) is 0 Å². The third-order valence-electron chi connectivity index (χ3n) is 5.05. The molecule has 1 aliphatic carbocycles. The van der Waals surface area contributed by atoms with Crippen LogP contribution in [0.5, 0.6) is 0 Å². The molecular formula is C15H23N3O4S. The van der Waals surface area contributed by atoms with Gasteiger partial charge in [0.25, 0.3) is 5.91 Å². The first-order valence-electron chi connectivity index (χ1n) is 8.24. The molecule has 3 aliphatic rings. The molecule has 7 nitrogen and oxygen atoms in total. The zero-order valence-corrected chi connectivity index (χ0v) is 14.2. The molecule has 2 heterocycles. The molecule has 2 amide bonds. The Kier molecular flexibility index (Phi) is 4.44. The molecule has 0 radical (unpaired) electrons. The zero-order valence-electron chi connectivity index (χ0n) is 13.4. The van der Waals surface area contributed by atoms with E-state index < -0.39 is 15.9 Å². The predicted octanol–water partition coefficient (Wildman–Crippen LogP) is 0.553. The average molecular weight is 341 g/mol. The van der Waals surface area contributed by atoms with Crippen molar-refractivity contribution in [1.82, 2.24) is 9.91 Å². The Bertz CT molecular complexity index is 637. The molecule has 2 aliphatic heterocycles. The molecule has 1 atom stereocenters. The number of hydrogen-bond acceptors (Lipinski definition) is 5. The van der Waals surface area contributed by atoms with Crippen LogP contribution in [0, 0.1) is 0 Å². The fourth-order valence-electron chi connectivity index (χ4n) is 3.64. The summed E-state index contributed by atoms with van der Waals surface area (Å²) in [6.07, 6.45) is 5.26. The maximum Gasteiger partial charge on any atom is 0.270 e. The molecule has 1 unspecified atom stereocenters. The SMILES string of the molecule is CN(C(=O)C1=NN(C2CCS(=O)(=O)C2)C(=O)CC1)C1CCCC1. The molecular weight excluding hydrogens is 318 g/mol. The van der Waals surface area contributed by atoms with Crippen molar-refractivity contribution in [3.05, 3.63) is 0 Å². The number of amides is 2. The number of sulfone groups is 1. The number of hydrogen-bond donors (Lipinski definition) is 0. The van der Waals surface area contributed by atoms with Gasteiger partial charge in [-0.15, -0.1) is 0 Å². The van der Waals surface area contributed by atoms with Crippen LogP contribution >= 0.6 is 0 Å². The number of hydrazone groups is 1. The van der Waals surface area contributed by atoms with E-state index in [-0.39, 0.29) is 35.8 Å². The summed E-state index contributed by atoms with van der Waals surface area (Å²) in [6, 6.07) is -0.171. The summed E-state index contributed by atoms with van der Waals surface area (Å²) >= 11 is 0. The highest BCUT2D eigenvalue weighted by atomic mass is 32.2. The molecule has 1 saturated carbocycles. The summed E-state index contributed by atoms with van der Waals surface area (Å²) in [5, 5.41) is 5.50. The normalized spacial score (nSPS) is 28.0. The van der Waals surface area contributed by atoms with Gasteiger partial charge in [-0.2, -0.15) is 5.10 Å². The van der Waals surface area contributed by atoms with Crippen molar-refractivity contribution in [1.29, 1.82) is 0 Å². The molecule has 128 valence electrons. The molecule has 0 aromatic carbocycles. The van der Waals surface area contributed by atoms with Crippen LogP contribution in [0.3, 0.4) is 0 Å². The van der Waals surface area contributed by atoms with E-state index in [2.05, 4.69) is 5.10 Å². The van der Waals surface area contributed by atoms with Crippen molar-refractivity contribution >= 4 is 27.4 Å². The third-order valence-corrected chi connectivity index (χ3v) is 6.80. The topological polar surface area (TPSA) is 87.1 Å². The first-order chi connectivity index (χ1) is 10.9. The van der Waals surface area contributed by atoms with E-state index in [0.717, 1.165) is 25.7 Å². The Morgan fingerprint density at radius 3 is 2.52 bits per heavy atom. The fraction of sp³-hybridized carbons (Fsp3) is 0.800. The second-order valence-corrected chi connectivity index (χ2v) is 8.92. The molecule has 2 fully saturated rings. The summed E-state index contributed by atoms with van der Waals surface area (Å²) in [5.41, 5.74) is 0.378. The van der Waals surface area contributed by atoms with Gasteiger partial charge in [-0.25, -0.2) is 13.4 Å². The van der Waals surface area contributed by atoms with Gasteiger partial charge in [0.05, 0.1) is 17.5 Å². The Morgan fingerprint density at radius 2 is 1.91 bits per heavy atom. The summed E-state index contributed by atoms with van der Waals surface area (Å²) < 4.78 is 23.3. The van der Waals surface area contributed by atoms with Crippen molar-refractivity contribution in [3.8, 4) is 0 Å². The van der Waals surface area contributed by atoms with Gasteiger partial charge in [0, 0.05) is 25.9 Å². The molecule has 8 heteroatoms. The maximum absolute atomic E-state index is 12.6. The zero-order chi connectivity index (χ0) is 16.6. The molecule has 0 N–H and O–H groups in total. The summed E-state index contributed by atoms with van der Waals surface area (Å²) in [5.74, 6) is -0.285. The van der Waals surface area contributed by atoms with E-state index in [1.54, 1.807) is 11.9 Å². The van der Waals surface area contributed by atoms with Crippen molar-refractivity contribution in [2.75, 3.05) is 18.6 Å². The van der Waals surface area contributed by atoms with Gasteiger partial charge in [-0.1, -0.05) is 12.8 Å². The summed E-state index contributed by atoms with van der Waals surface area (Å²) in [4.78, 5) is 26.4. The number of carbonyl (C=O) groups excluding carboxylic acids is 2. The fourth-order valence-corrected chi connectivity index (χ4v) is 5.33. The van der Waals surface area contributed by atoms with E-state index in [0.29, 0.717) is 18.6 Å². The Hall–Kier alpha value is -1.44. The van der Waals surface area contributed by atoms with Crippen LogP contribution in [-0.2, 0) is 19.4 Å². The molecule has 0 bridgehead atoms. The predicted molar refractivity (Wildman–Crippen MR) is 85.6 cm³/mol. The van der Waals surface area contributed by atoms with E-state index in [9.17, 15) is 18.0 Å². The van der Waals surface area contributed by atoms with Crippen molar-refractivity contribution < 1.29 is 18.0 Å². The number of rotatable bonds is 3. The monoisotopic (exact) mass is 341 g/mol. The van der Waals surface area contributed by atoms with Gasteiger partial charge >= 0.3 is 0 Å². The van der Waals surface area contributed by atoms with Crippen LogP contribution < -0.4 is 0 Å². The molecule has 0 aromatic heterocycles. The Labute approximate surface area is 136 Å². The second-order valence-electron chi connectivity index (χ2n) is 6.70. The van der Waals surface area contributed by atoms with Crippen LogP contribution in [-0.4, -0.2) is 66.5 Å². The number of carbonyl (C=O) groups is 2. The molecule has 0 aromatic rings. The lowest BCUT2D eigenvalue weighted by atomic mass is 10.1. The Balaban J connectivity index is 1.75. The van der Waals surface area contributed by atoms with Crippen LogP contribution in [0.2, 0.25) is 0 Å². The van der Waals surface area contributed by atoms with E-state index >= 15 is 0 Å². The highest BCUT2D eigenvalue weighted by Crippen LogP contribution is 2.25. The van der Waals surface area contributed by atoms with Crippen molar-refractivity contribution in [2.24, 2.45) is 5.10 Å². The standard InChI is InChI=1S/C15H23N3O4S/c1-17(11-4-2-3-5-11)15(20)13-6-7-14(19)18(16-13)12-8-9-23(21,22)10-12/h11-12H,2-10H2,1H3. The van der Waals surface area contributed by atoms with Crippen LogP contribution in [0.1, 0.15) is 44.9 Å². The Morgan fingerprint density at radius 1 is 1.22 bits per heavy atom. The van der Waals surface area contributed by atoms with Gasteiger partial charge in [-0.3, -0.25) is 9.59 Å². The van der Waals surface area contributed by atoms with Gasteiger partial charge in [-0.05, 0) is 19.3 Å². The molecule has 3 rings (SSSR count). The minimum Gasteiger partial charge on any atom is -0.338 e. The third kappa shape index (κ3) is 3.41. The van der Waals surface area contributed by atoms with Gasteiger partial charge < -0.3 is 4.90 Å². The molecule has 0 spiro atoms. The molecule has 1 saturated heterocycles. The lowest BCUT2D eigenvalue weighted by molar-refractivity contribution is -0.134. The highest BCUT2D eigenvalue weighted by Gasteiger charge is 2.38. The van der Waals surface area contributed by atoms with Gasteiger partial charge in [0.2, 0.25) is 5.91 Å². The highest BCUT2D eigenvalue weighted by molar-refractivity contribution is 7.91. The second kappa shape index (κ2) is 6.22. The van der Waals surface area contributed by atoms with Crippen LogP contribution in [0.25, 0.3) is 0 Å². The summed E-state index contributed by atoms with van der Waals surface area (Å²) in [6.45, 7) is 0. The van der Waals surface area contributed by atoms with E-state index in [1.807, 2.05) is 0 Å². The van der Waals surface area contributed by atoms with Crippen LogP contribution in [0.4, 0.5) is 0 Å². The van der Waals surface area contributed by atoms with E-state index in [4.69, 9.17) is 0 Å². The first kappa shape index (κ1) is 16.4. The smallest absolute Gasteiger partial charge is 0.270 e. The quantitative estimate of drug-likeness (QED) is 0.750. The van der Waals surface area contributed by atoms with Crippen LogP contribution in [0.15, 0.2) is 5.10 Å². The average Bonchev–Trinajstić information content (AvgIpc) is 3.15. The number of nitrogens with zero attached hydrogens (tertiary/aromatic N) is 3. The van der Waals surface area contributed by atoms with Crippen molar-refractivity contribution in [2.45, 2.75) is 57.0 Å².